The number of carbonyl (C=O) groups is 1. The van der Waals surface area contributed by atoms with Crippen LogP contribution in [0.4, 0.5) is 0 Å². The number of hydrogen-bond acceptors (Lipinski definition) is 4. The van der Waals surface area contributed by atoms with Crippen LogP contribution in [0.5, 0.6) is 0 Å². The molecule has 0 amide bonds. The lowest BCUT2D eigenvalue weighted by molar-refractivity contribution is -0.143. The van der Waals surface area contributed by atoms with Gasteiger partial charge >= 0.3 is 5.97 Å². The van der Waals surface area contributed by atoms with Gasteiger partial charge in [-0.3, -0.25) is 4.79 Å². The van der Waals surface area contributed by atoms with Crippen molar-refractivity contribution in [3.63, 3.8) is 0 Å². The summed E-state index contributed by atoms with van der Waals surface area (Å²) in [6.45, 7) is 4.70. The van der Waals surface area contributed by atoms with Crippen molar-refractivity contribution in [3.8, 4) is 0 Å². The lowest BCUT2D eigenvalue weighted by Crippen LogP contribution is -2.14. The number of carbonyl (C=O) groups excluding carboxylic acids is 1. The quantitative estimate of drug-likeness (QED) is 0.336. The largest absolute Gasteiger partial charge is 0.465 e. The minimum absolute atomic E-state index is 0.163. The van der Waals surface area contributed by atoms with E-state index in [0.717, 1.165) is 27.7 Å². The highest BCUT2D eigenvalue weighted by atomic mass is 35.5. The molecule has 1 N–H and O–H groups in total. The summed E-state index contributed by atoms with van der Waals surface area (Å²) in [4.78, 5) is 12.0. The molecule has 0 spiro atoms. The van der Waals surface area contributed by atoms with Crippen LogP contribution in [0.3, 0.4) is 0 Å². The maximum Gasteiger partial charge on any atom is 0.325 e. The van der Waals surface area contributed by atoms with Gasteiger partial charge in [0.25, 0.3) is 0 Å². The van der Waals surface area contributed by atoms with E-state index in [1.54, 1.807) is 31.3 Å². The first-order chi connectivity index (χ1) is 13.5. The molecule has 0 saturated carbocycles. The van der Waals surface area contributed by atoms with Crippen molar-refractivity contribution >= 4 is 46.3 Å². The zero-order valence-electron chi connectivity index (χ0n) is 15.7. The van der Waals surface area contributed by atoms with Crippen LogP contribution in [-0.4, -0.2) is 23.4 Å². The summed E-state index contributed by atoms with van der Waals surface area (Å²) in [6.07, 6.45) is 1.75. The van der Waals surface area contributed by atoms with E-state index in [-0.39, 0.29) is 12.5 Å². The van der Waals surface area contributed by atoms with Gasteiger partial charge in [0.05, 0.1) is 19.4 Å². The van der Waals surface area contributed by atoms with Crippen LogP contribution in [0.15, 0.2) is 47.6 Å². The Balaban J connectivity index is 1.83. The predicted octanol–water partition coefficient (Wildman–Crippen LogP) is 4.94. The molecule has 5 nitrogen and oxygen atoms in total. The molecular weight excluding hydrogens is 397 g/mol. The lowest BCUT2D eigenvalue weighted by atomic mass is 10.1. The molecule has 0 atom stereocenters. The van der Waals surface area contributed by atoms with Gasteiger partial charge in [-0.15, -0.1) is 0 Å². The van der Waals surface area contributed by atoms with E-state index in [9.17, 15) is 4.79 Å². The molecule has 0 aliphatic rings. The molecule has 0 saturated heterocycles. The Morgan fingerprint density at radius 3 is 2.61 bits per heavy atom. The summed E-state index contributed by atoms with van der Waals surface area (Å²) >= 11 is 12.4. The van der Waals surface area contributed by atoms with E-state index in [1.165, 1.54) is 0 Å². The maximum atomic E-state index is 12.0. The van der Waals surface area contributed by atoms with Gasteiger partial charge in [-0.05, 0) is 32.0 Å². The summed E-state index contributed by atoms with van der Waals surface area (Å²) in [5.74, 6) is -0.263. The number of hydrogen-bond donors (Lipinski definition) is 1. The monoisotopic (exact) mass is 417 g/mol. The molecule has 0 aliphatic heterocycles. The van der Waals surface area contributed by atoms with Crippen molar-refractivity contribution in [1.29, 1.82) is 0 Å². The van der Waals surface area contributed by atoms with E-state index in [1.807, 2.05) is 35.8 Å². The molecule has 0 radical (unpaired) electrons. The highest BCUT2D eigenvalue weighted by Crippen LogP contribution is 2.25. The normalized spacial score (nSPS) is 11.3. The maximum absolute atomic E-state index is 12.0. The Hall–Kier alpha value is -2.50. The van der Waals surface area contributed by atoms with E-state index in [0.29, 0.717) is 23.2 Å². The zero-order chi connectivity index (χ0) is 20.1. The molecular formula is C21H21Cl2N3O2. The van der Waals surface area contributed by atoms with Crippen molar-refractivity contribution in [2.24, 2.45) is 5.10 Å². The third kappa shape index (κ3) is 4.32. The minimum atomic E-state index is -0.263. The summed E-state index contributed by atoms with van der Waals surface area (Å²) in [5.41, 5.74) is 6.63. The molecule has 0 fully saturated rings. The molecule has 0 bridgehead atoms. The summed E-state index contributed by atoms with van der Waals surface area (Å²) < 4.78 is 7.04. The van der Waals surface area contributed by atoms with Crippen LogP contribution < -0.4 is 5.43 Å². The molecule has 1 heterocycles. The highest BCUT2D eigenvalue weighted by Gasteiger charge is 2.15. The second-order valence-electron chi connectivity index (χ2n) is 6.20. The van der Waals surface area contributed by atoms with Gasteiger partial charge in [-0.25, -0.2) is 0 Å². The van der Waals surface area contributed by atoms with Crippen molar-refractivity contribution < 1.29 is 9.53 Å². The fraction of sp³-hybridized carbons (Fsp3) is 0.238. The first-order valence-corrected chi connectivity index (χ1v) is 9.70. The summed E-state index contributed by atoms with van der Waals surface area (Å²) in [7, 11) is 0. The Morgan fingerprint density at radius 1 is 1.18 bits per heavy atom. The molecule has 7 heteroatoms. The topological polar surface area (TPSA) is 55.6 Å². The van der Waals surface area contributed by atoms with Crippen LogP contribution in [0.25, 0.3) is 10.9 Å². The van der Waals surface area contributed by atoms with E-state index in [4.69, 9.17) is 27.9 Å². The van der Waals surface area contributed by atoms with Gasteiger partial charge in [-0.2, -0.15) is 5.10 Å². The van der Waals surface area contributed by atoms with E-state index in [2.05, 4.69) is 10.5 Å². The van der Waals surface area contributed by atoms with Gasteiger partial charge < -0.3 is 14.7 Å². The van der Waals surface area contributed by atoms with Crippen LogP contribution >= 0.6 is 23.2 Å². The third-order valence-corrected chi connectivity index (χ3v) is 5.18. The second-order valence-corrected chi connectivity index (χ2v) is 7.02. The number of benzene rings is 2. The standard InChI is InChI=1S/C21H21Cl2N3O2/c1-3-28-21(27)13-26-14(2)16(15-7-4-5-10-20(15)26)11-24-25-12-17-18(22)8-6-9-19(17)23/h4-11,25H,3,12-13H2,1-2H3/b24-11-. The molecule has 3 rings (SSSR count). The Kier molecular flexibility index (Phi) is 6.60. The molecule has 0 aliphatic carbocycles. The smallest absolute Gasteiger partial charge is 0.325 e. The minimum Gasteiger partial charge on any atom is -0.465 e. The average Bonchev–Trinajstić information content (AvgIpc) is 2.93. The molecule has 2 aromatic carbocycles. The average molecular weight is 418 g/mol. The predicted molar refractivity (Wildman–Crippen MR) is 114 cm³/mol. The molecule has 28 heavy (non-hydrogen) atoms. The van der Waals surface area contributed by atoms with E-state index >= 15 is 0 Å². The lowest BCUT2D eigenvalue weighted by Gasteiger charge is -2.07. The molecule has 0 unspecified atom stereocenters. The summed E-state index contributed by atoms with van der Waals surface area (Å²) in [5, 5.41) is 6.55. The number of nitrogens with zero attached hydrogens (tertiary/aromatic N) is 2. The number of ether oxygens (including phenoxy) is 1. The van der Waals surface area contributed by atoms with Crippen molar-refractivity contribution in [1.82, 2.24) is 9.99 Å². The Morgan fingerprint density at radius 2 is 1.89 bits per heavy atom. The number of halogens is 2. The number of rotatable bonds is 7. The fourth-order valence-electron chi connectivity index (χ4n) is 3.10. The van der Waals surface area contributed by atoms with Crippen LogP contribution in [0.1, 0.15) is 23.7 Å². The number of hydrazone groups is 1. The number of fused-ring (bicyclic) bond motifs is 1. The fourth-order valence-corrected chi connectivity index (χ4v) is 3.63. The van der Waals surface area contributed by atoms with Crippen LogP contribution in [0, 0.1) is 6.92 Å². The van der Waals surface area contributed by atoms with Gasteiger partial charge in [-0.1, -0.05) is 47.5 Å². The number of nitrogens with one attached hydrogen (secondary N) is 1. The van der Waals surface area contributed by atoms with Gasteiger partial charge in [0.2, 0.25) is 0 Å². The second kappa shape index (κ2) is 9.13. The van der Waals surface area contributed by atoms with Gasteiger partial charge in [0, 0.05) is 37.8 Å². The first kappa shape index (κ1) is 20.2. The van der Waals surface area contributed by atoms with Crippen molar-refractivity contribution in [2.45, 2.75) is 26.9 Å². The SMILES string of the molecule is CCOC(=O)Cn1c(C)c(/C=N\NCc2c(Cl)cccc2Cl)c2ccccc21. The number of esters is 1. The first-order valence-electron chi connectivity index (χ1n) is 8.95. The zero-order valence-corrected chi connectivity index (χ0v) is 17.2. The Bertz CT molecular complexity index is 1010. The molecule has 146 valence electrons. The number of aromatic nitrogens is 1. The highest BCUT2D eigenvalue weighted by molar-refractivity contribution is 6.35. The molecule has 1 aromatic heterocycles. The third-order valence-electron chi connectivity index (χ3n) is 4.47. The van der Waals surface area contributed by atoms with Crippen LogP contribution in [0.2, 0.25) is 10.0 Å². The molecule has 3 aromatic rings. The van der Waals surface area contributed by atoms with Crippen LogP contribution in [-0.2, 0) is 22.6 Å². The van der Waals surface area contributed by atoms with Gasteiger partial charge in [0.15, 0.2) is 0 Å². The van der Waals surface area contributed by atoms with Crippen molar-refractivity contribution in [2.75, 3.05) is 6.61 Å². The van der Waals surface area contributed by atoms with Crippen molar-refractivity contribution in [3.05, 3.63) is 69.3 Å². The number of para-hydroxylation sites is 1. The van der Waals surface area contributed by atoms with E-state index < -0.39 is 0 Å². The Labute approximate surface area is 173 Å². The van der Waals surface area contributed by atoms with Gasteiger partial charge in [0.1, 0.15) is 6.54 Å². The summed E-state index contributed by atoms with van der Waals surface area (Å²) in [6, 6.07) is 13.3.